The molecule has 0 aromatic heterocycles. The minimum atomic E-state index is -0.0102. The van der Waals surface area contributed by atoms with Crippen molar-refractivity contribution in [3.63, 3.8) is 0 Å². The minimum Gasteiger partial charge on any atom is -0.489 e. The van der Waals surface area contributed by atoms with Crippen LogP contribution in [0.4, 0.5) is 0 Å². The molecule has 2 aromatic rings. The van der Waals surface area contributed by atoms with Crippen molar-refractivity contribution in [3.05, 3.63) is 65.2 Å². The number of hydrogen-bond acceptors (Lipinski definition) is 3. The molecule has 0 bridgehead atoms. The van der Waals surface area contributed by atoms with Crippen molar-refractivity contribution < 1.29 is 9.53 Å². The lowest BCUT2D eigenvalue weighted by molar-refractivity contribution is -0.121. The molecule has 4 heteroatoms. The van der Waals surface area contributed by atoms with E-state index >= 15 is 0 Å². The smallest absolute Gasteiger partial charge is 0.240 e. The number of hydrazone groups is 1. The molecule has 37 heavy (non-hydrogen) atoms. The summed E-state index contributed by atoms with van der Waals surface area (Å²) in [5, 5.41) is 4.10. The number of benzene rings is 2. The maximum absolute atomic E-state index is 12.0. The number of aryl methyl sites for hydroxylation is 1. The van der Waals surface area contributed by atoms with Crippen LogP contribution in [-0.4, -0.2) is 12.1 Å². The first kappa shape index (κ1) is 30.6. The highest BCUT2D eigenvalue weighted by Crippen LogP contribution is 2.15. The van der Waals surface area contributed by atoms with Crippen LogP contribution in [0.1, 0.15) is 126 Å². The lowest BCUT2D eigenvalue weighted by Crippen LogP contribution is -2.16. The van der Waals surface area contributed by atoms with Gasteiger partial charge >= 0.3 is 0 Å². The van der Waals surface area contributed by atoms with E-state index in [0.717, 1.165) is 29.7 Å². The summed E-state index contributed by atoms with van der Waals surface area (Å²) in [6.07, 6.45) is 22.1. The fourth-order valence-corrected chi connectivity index (χ4v) is 4.39. The SMILES string of the molecule is CCCCCCCCCCCCCCCCCC(=O)NN=Cc1ccc(OCc2ccc(C)cc2)cc1. The average molecular weight is 507 g/mol. The highest BCUT2D eigenvalue weighted by Gasteiger charge is 2.00. The molecule has 0 spiro atoms. The third kappa shape index (κ3) is 16.0. The van der Waals surface area contributed by atoms with Crippen LogP contribution < -0.4 is 10.2 Å². The summed E-state index contributed by atoms with van der Waals surface area (Å²) in [5.41, 5.74) is 5.96. The average Bonchev–Trinajstić information content (AvgIpc) is 2.91. The van der Waals surface area contributed by atoms with Crippen LogP contribution >= 0.6 is 0 Å². The zero-order chi connectivity index (χ0) is 26.4. The molecule has 0 unspecified atom stereocenters. The number of unbranched alkanes of at least 4 members (excludes halogenated alkanes) is 14. The highest BCUT2D eigenvalue weighted by molar-refractivity contribution is 5.82. The van der Waals surface area contributed by atoms with E-state index in [4.69, 9.17) is 4.74 Å². The fourth-order valence-electron chi connectivity index (χ4n) is 4.39. The molecular weight excluding hydrogens is 456 g/mol. The first-order chi connectivity index (χ1) is 18.2. The van der Waals surface area contributed by atoms with Crippen molar-refractivity contribution in [1.82, 2.24) is 5.43 Å². The molecule has 0 fully saturated rings. The quantitative estimate of drug-likeness (QED) is 0.104. The number of carbonyl (C=O) groups is 1. The lowest BCUT2D eigenvalue weighted by Gasteiger charge is -2.07. The summed E-state index contributed by atoms with van der Waals surface area (Å²) < 4.78 is 5.83. The summed E-state index contributed by atoms with van der Waals surface area (Å²) >= 11 is 0. The molecule has 0 atom stereocenters. The second-order valence-corrected chi connectivity index (χ2v) is 10.3. The van der Waals surface area contributed by atoms with Crippen molar-refractivity contribution >= 4 is 12.1 Å². The zero-order valence-electron chi connectivity index (χ0n) is 23.5. The molecule has 2 aromatic carbocycles. The molecule has 0 saturated carbocycles. The normalized spacial score (nSPS) is 11.2. The Balaban J connectivity index is 1.42. The molecule has 0 saturated heterocycles. The minimum absolute atomic E-state index is 0.0102. The first-order valence-electron chi connectivity index (χ1n) is 14.8. The first-order valence-corrected chi connectivity index (χ1v) is 14.8. The van der Waals surface area contributed by atoms with Crippen LogP contribution in [0.5, 0.6) is 5.75 Å². The lowest BCUT2D eigenvalue weighted by atomic mass is 10.0. The fraction of sp³-hybridized carbons (Fsp3) is 0.576. The summed E-state index contributed by atoms with van der Waals surface area (Å²) in [7, 11) is 0. The summed E-state index contributed by atoms with van der Waals surface area (Å²) in [6.45, 7) is 4.90. The Kier molecular flexibility index (Phi) is 16.9. The van der Waals surface area contributed by atoms with Crippen molar-refractivity contribution in [2.75, 3.05) is 0 Å². The van der Waals surface area contributed by atoms with E-state index in [1.165, 1.54) is 89.0 Å². The summed E-state index contributed by atoms with van der Waals surface area (Å²) in [4.78, 5) is 12.0. The molecule has 2 rings (SSSR count). The van der Waals surface area contributed by atoms with Crippen LogP contribution in [0.3, 0.4) is 0 Å². The van der Waals surface area contributed by atoms with E-state index in [-0.39, 0.29) is 5.91 Å². The van der Waals surface area contributed by atoms with Gasteiger partial charge in [0.05, 0.1) is 6.21 Å². The Labute approximate surface area is 226 Å². The van der Waals surface area contributed by atoms with Crippen LogP contribution in [0, 0.1) is 6.92 Å². The Morgan fingerprint density at radius 2 is 1.24 bits per heavy atom. The molecule has 0 aliphatic heterocycles. The topological polar surface area (TPSA) is 50.7 Å². The standard InChI is InChI=1S/C33H50N2O2/c1-3-4-5-6-7-8-9-10-11-12-13-14-15-16-17-18-33(36)35-34-27-30-23-25-32(26-24-30)37-28-31-21-19-29(2)20-22-31/h19-27H,3-18,28H2,1-2H3,(H,35,36). The van der Waals surface area contributed by atoms with Gasteiger partial charge in [-0.3, -0.25) is 4.79 Å². The molecule has 1 N–H and O–H groups in total. The van der Waals surface area contributed by atoms with E-state index in [1.807, 2.05) is 24.3 Å². The van der Waals surface area contributed by atoms with E-state index in [2.05, 4.69) is 48.6 Å². The van der Waals surface area contributed by atoms with Gasteiger partial charge in [0.15, 0.2) is 0 Å². The van der Waals surface area contributed by atoms with Gasteiger partial charge in [-0.25, -0.2) is 5.43 Å². The summed E-state index contributed by atoms with van der Waals surface area (Å²) in [6, 6.07) is 16.1. The zero-order valence-corrected chi connectivity index (χ0v) is 23.5. The molecule has 0 heterocycles. The number of carbonyl (C=O) groups excluding carboxylic acids is 1. The predicted molar refractivity (Wildman–Crippen MR) is 157 cm³/mol. The van der Waals surface area contributed by atoms with Crippen LogP contribution in [0.15, 0.2) is 53.6 Å². The van der Waals surface area contributed by atoms with Gasteiger partial charge in [0, 0.05) is 6.42 Å². The van der Waals surface area contributed by atoms with Gasteiger partial charge in [0.2, 0.25) is 5.91 Å². The van der Waals surface area contributed by atoms with Crippen LogP contribution in [-0.2, 0) is 11.4 Å². The van der Waals surface area contributed by atoms with Crippen molar-refractivity contribution in [2.24, 2.45) is 5.10 Å². The van der Waals surface area contributed by atoms with E-state index in [9.17, 15) is 4.79 Å². The molecule has 204 valence electrons. The number of amides is 1. The number of nitrogens with zero attached hydrogens (tertiary/aromatic N) is 1. The molecule has 0 radical (unpaired) electrons. The van der Waals surface area contributed by atoms with Crippen molar-refractivity contribution in [1.29, 1.82) is 0 Å². The number of rotatable bonds is 21. The highest BCUT2D eigenvalue weighted by atomic mass is 16.5. The Morgan fingerprint density at radius 3 is 1.78 bits per heavy atom. The second-order valence-electron chi connectivity index (χ2n) is 10.3. The molecule has 0 aliphatic carbocycles. The maximum Gasteiger partial charge on any atom is 0.240 e. The van der Waals surface area contributed by atoms with E-state index in [1.54, 1.807) is 6.21 Å². The van der Waals surface area contributed by atoms with Gasteiger partial charge < -0.3 is 4.74 Å². The molecule has 1 amide bonds. The van der Waals surface area contributed by atoms with Gasteiger partial charge in [-0.05, 0) is 48.7 Å². The Morgan fingerprint density at radius 1 is 0.730 bits per heavy atom. The van der Waals surface area contributed by atoms with Gasteiger partial charge in [0.25, 0.3) is 0 Å². The predicted octanol–water partition coefficient (Wildman–Crippen LogP) is 9.29. The van der Waals surface area contributed by atoms with Gasteiger partial charge in [0.1, 0.15) is 12.4 Å². The third-order valence-corrected chi connectivity index (χ3v) is 6.82. The monoisotopic (exact) mass is 506 g/mol. The van der Waals surface area contributed by atoms with Crippen LogP contribution in [0.25, 0.3) is 0 Å². The van der Waals surface area contributed by atoms with Crippen LogP contribution in [0.2, 0.25) is 0 Å². The number of ether oxygens (including phenoxy) is 1. The van der Waals surface area contributed by atoms with Gasteiger partial charge in [-0.15, -0.1) is 0 Å². The molecular formula is C33H50N2O2. The van der Waals surface area contributed by atoms with Crippen molar-refractivity contribution in [2.45, 2.75) is 123 Å². The summed E-state index contributed by atoms with van der Waals surface area (Å²) in [5.74, 6) is 0.805. The third-order valence-electron chi connectivity index (χ3n) is 6.82. The number of hydrogen-bond donors (Lipinski definition) is 1. The Hall–Kier alpha value is -2.62. The van der Waals surface area contributed by atoms with E-state index < -0.39 is 0 Å². The van der Waals surface area contributed by atoms with Gasteiger partial charge in [-0.1, -0.05) is 127 Å². The molecule has 4 nitrogen and oxygen atoms in total. The largest absolute Gasteiger partial charge is 0.489 e. The number of nitrogens with one attached hydrogen (secondary N) is 1. The van der Waals surface area contributed by atoms with Gasteiger partial charge in [-0.2, -0.15) is 5.10 Å². The Bertz CT molecular complexity index is 859. The van der Waals surface area contributed by atoms with E-state index in [0.29, 0.717) is 13.0 Å². The van der Waals surface area contributed by atoms with Crippen molar-refractivity contribution in [3.8, 4) is 5.75 Å². The molecule has 0 aliphatic rings. The maximum atomic E-state index is 12.0. The second kappa shape index (κ2) is 20.4.